The average molecular weight is 285 g/mol. The lowest BCUT2D eigenvalue weighted by atomic mass is 10.2. The summed E-state index contributed by atoms with van der Waals surface area (Å²) in [7, 11) is 0. The van der Waals surface area contributed by atoms with Gasteiger partial charge in [-0.3, -0.25) is 0 Å². The summed E-state index contributed by atoms with van der Waals surface area (Å²) in [6.07, 6.45) is -0.0824. The predicted molar refractivity (Wildman–Crippen MR) is 73.6 cm³/mol. The van der Waals surface area contributed by atoms with Gasteiger partial charge in [-0.25, -0.2) is 4.79 Å². The number of carbonyl (C=O) groups is 1. The minimum atomic E-state index is -0.275. The lowest BCUT2D eigenvalue weighted by molar-refractivity contribution is 0.0428. The number of nitrogens with one attached hydrogen (secondary N) is 2. The number of amides is 2. The summed E-state index contributed by atoms with van der Waals surface area (Å²) < 4.78 is 10.8. The van der Waals surface area contributed by atoms with Crippen LogP contribution in [0, 0.1) is 0 Å². The molecule has 1 aromatic carbocycles. The highest BCUT2D eigenvalue weighted by Crippen LogP contribution is 2.14. The number of halogens is 1. The Bertz CT molecular complexity index is 424. The molecule has 0 aromatic heterocycles. The number of hydrogen-bond acceptors (Lipinski definition) is 3. The van der Waals surface area contributed by atoms with Crippen molar-refractivity contribution < 1.29 is 14.3 Å². The molecule has 0 bridgehead atoms. The largest absolute Gasteiger partial charge is 0.376 e. The summed E-state index contributed by atoms with van der Waals surface area (Å²) in [5.41, 5.74) is 0.689. The molecule has 2 atom stereocenters. The zero-order valence-corrected chi connectivity index (χ0v) is 11.4. The van der Waals surface area contributed by atoms with E-state index in [-0.39, 0.29) is 18.2 Å². The van der Waals surface area contributed by atoms with Crippen LogP contribution in [-0.4, -0.2) is 38.0 Å². The van der Waals surface area contributed by atoms with E-state index in [1.165, 1.54) is 0 Å². The van der Waals surface area contributed by atoms with Crippen molar-refractivity contribution in [3.8, 4) is 0 Å². The monoisotopic (exact) mass is 284 g/mol. The quantitative estimate of drug-likeness (QED) is 0.892. The van der Waals surface area contributed by atoms with Crippen molar-refractivity contribution in [2.75, 3.05) is 25.1 Å². The normalized spacial score (nSPS) is 22.2. The first-order chi connectivity index (χ1) is 9.19. The Balaban J connectivity index is 1.85. The Morgan fingerprint density at radius 3 is 2.84 bits per heavy atom. The van der Waals surface area contributed by atoms with Crippen LogP contribution in [0.1, 0.15) is 6.92 Å². The molecule has 1 aliphatic rings. The van der Waals surface area contributed by atoms with E-state index in [1.54, 1.807) is 24.3 Å². The van der Waals surface area contributed by atoms with Crippen LogP contribution in [-0.2, 0) is 9.47 Å². The molecular formula is C13H17ClN2O3. The first-order valence-corrected chi connectivity index (χ1v) is 6.59. The Kier molecular flexibility index (Phi) is 5.01. The van der Waals surface area contributed by atoms with Gasteiger partial charge in [0.1, 0.15) is 6.10 Å². The zero-order valence-electron chi connectivity index (χ0n) is 10.7. The Morgan fingerprint density at radius 1 is 1.42 bits per heavy atom. The zero-order chi connectivity index (χ0) is 13.7. The fourth-order valence-corrected chi connectivity index (χ4v) is 2.04. The fourth-order valence-electron chi connectivity index (χ4n) is 1.92. The SMILES string of the molecule is CCO[C@@H]1COC[C@H]1NC(=O)Nc1ccc(Cl)cc1. The summed E-state index contributed by atoms with van der Waals surface area (Å²) in [5, 5.41) is 6.21. The van der Waals surface area contributed by atoms with Crippen LogP contribution >= 0.6 is 11.6 Å². The number of anilines is 1. The van der Waals surface area contributed by atoms with Gasteiger partial charge >= 0.3 is 6.03 Å². The summed E-state index contributed by atoms with van der Waals surface area (Å²) in [5.74, 6) is 0. The van der Waals surface area contributed by atoms with Gasteiger partial charge in [0.2, 0.25) is 0 Å². The average Bonchev–Trinajstić information content (AvgIpc) is 2.80. The second-order valence-corrected chi connectivity index (χ2v) is 4.68. The highest BCUT2D eigenvalue weighted by atomic mass is 35.5. The van der Waals surface area contributed by atoms with Crippen LogP contribution in [0.2, 0.25) is 5.02 Å². The minimum absolute atomic E-state index is 0.0824. The van der Waals surface area contributed by atoms with E-state index >= 15 is 0 Å². The fraction of sp³-hybridized carbons (Fsp3) is 0.462. The van der Waals surface area contributed by atoms with Crippen LogP contribution < -0.4 is 10.6 Å². The maximum Gasteiger partial charge on any atom is 0.319 e. The molecule has 1 saturated heterocycles. The summed E-state index contributed by atoms with van der Waals surface area (Å²) >= 11 is 5.78. The van der Waals surface area contributed by atoms with Gasteiger partial charge in [0.05, 0.1) is 19.3 Å². The maximum atomic E-state index is 11.8. The summed E-state index contributed by atoms with van der Waals surface area (Å²) in [6.45, 7) is 3.51. The molecule has 0 radical (unpaired) electrons. The van der Waals surface area contributed by atoms with E-state index in [0.717, 1.165) is 0 Å². The minimum Gasteiger partial charge on any atom is -0.376 e. The van der Waals surface area contributed by atoms with Crippen molar-refractivity contribution in [3.05, 3.63) is 29.3 Å². The number of hydrogen-bond donors (Lipinski definition) is 2. The third-order valence-corrected chi connectivity index (χ3v) is 3.08. The Labute approximate surface area is 117 Å². The molecule has 1 heterocycles. The molecule has 2 rings (SSSR count). The molecule has 6 heteroatoms. The van der Waals surface area contributed by atoms with Crippen LogP contribution in [0.4, 0.5) is 10.5 Å². The molecule has 1 aromatic rings. The molecule has 104 valence electrons. The van der Waals surface area contributed by atoms with Gasteiger partial charge in [0, 0.05) is 17.3 Å². The topological polar surface area (TPSA) is 59.6 Å². The van der Waals surface area contributed by atoms with E-state index in [1.807, 2.05) is 6.92 Å². The number of ether oxygens (including phenoxy) is 2. The van der Waals surface area contributed by atoms with Gasteiger partial charge in [-0.1, -0.05) is 11.6 Å². The number of urea groups is 1. The van der Waals surface area contributed by atoms with E-state index in [4.69, 9.17) is 21.1 Å². The van der Waals surface area contributed by atoms with Gasteiger partial charge in [-0.15, -0.1) is 0 Å². The lowest BCUT2D eigenvalue weighted by Gasteiger charge is -2.19. The first kappa shape index (κ1) is 14.1. The molecule has 5 nitrogen and oxygen atoms in total. The number of carbonyl (C=O) groups excluding carboxylic acids is 1. The molecule has 1 fully saturated rings. The Hall–Kier alpha value is -1.30. The number of rotatable bonds is 4. The summed E-state index contributed by atoms with van der Waals surface area (Å²) in [4.78, 5) is 11.8. The molecule has 0 aliphatic carbocycles. The molecule has 2 N–H and O–H groups in total. The van der Waals surface area contributed by atoms with Gasteiger partial charge < -0.3 is 20.1 Å². The van der Waals surface area contributed by atoms with Crippen molar-refractivity contribution in [1.29, 1.82) is 0 Å². The van der Waals surface area contributed by atoms with Gasteiger partial charge in [0.25, 0.3) is 0 Å². The first-order valence-electron chi connectivity index (χ1n) is 6.21. The van der Waals surface area contributed by atoms with Crippen LogP contribution in [0.25, 0.3) is 0 Å². The molecule has 1 aliphatic heterocycles. The second-order valence-electron chi connectivity index (χ2n) is 4.24. The second kappa shape index (κ2) is 6.75. The lowest BCUT2D eigenvalue weighted by Crippen LogP contribution is -2.45. The highest BCUT2D eigenvalue weighted by molar-refractivity contribution is 6.30. The van der Waals surface area contributed by atoms with Crippen molar-refractivity contribution in [2.24, 2.45) is 0 Å². The predicted octanol–water partition coefficient (Wildman–Crippen LogP) is 2.27. The van der Waals surface area contributed by atoms with Crippen molar-refractivity contribution in [3.63, 3.8) is 0 Å². The van der Waals surface area contributed by atoms with Crippen molar-refractivity contribution in [1.82, 2.24) is 5.32 Å². The molecule has 2 amide bonds. The molecule has 0 spiro atoms. The molecule has 0 saturated carbocycles. The van der Waals surface area contributed by atoms with Gasteiger partial charge in [-0.05, 0) is 31.2 Å². The van der Waals surface area contributed by atoms with E-state index in [0.29, 0.717) is 30.5 Å². The maximum absolute atomic E-state index is 11.8. The Morgan fingerprint density at radius 2 is 2.16 bits per heavy atom. The van der Waals surface area contributed by atoms with Crippen molar-refractivity contribution in [2.45, 2.75) is 19.1 Å². The third-order valence-electron chi connectivity index (χ3n) is 2.83. The van der Waals surface area contributed by atoms with Gasteiger partial charge in [-0.2, -0.15) is 0 Å². The van der Waals surface area contributed by atoms with Crippen molar-refractivity contribution >= 4 is 23.3 Å². The van der Waals surface area contributed by atoms with Gasteiger partial charge in [0.15, 0.2) is 0 Å². The van der Waals surface area contributed by atoms with Crippen LogP contribution in [0.5, 0.6) is 0 Å². The van der Waals surface area contributed by atoms with E-state index in [2.05, 4.69) is 10.6 Å². The third kappa shape index (κ3) is 4.09. The number of benzene rings is 1. The molecular weight excluding hydrogens is 268 g/mol. The van der Waals surface area contributed by atoms with Crippen LogP contribution in [0.3, 0.4) is 0 Å². The van der Waals surface area contributed by atoms with E-state index in [9.17, 15) is 4.79 Å². The smallest absolute Gasteiger partial charge is 0.319 e. The molecule has 19 heavy (non-hydrogen) atoms. The standard InChI is InChI=1S/C13H17ClN2O3/c1-2-19-12-8-18-7-11(12)16-13(17)15-10-5-3-9(14)4-6-10/h3-6,11-12H,2,7-8H2,1H3,(H2,15,16,17)/t11-,12-/m1/s1. The van der Waals surface area contributed by atoms with E-state index < -0.39 is 0 Å². The molecule has 0 unspecified atom stereocenters. The summed E-state index contributed by atoms with van der Waals surface area (Å²) in [6, 6.07) is 6.53. The van der Waals surface area contributed by atoms with Crippen LogP contribution in [0.15, 0.2) is 24.3 Å². The highest BCUT2D eigenvalue weighted by Gasteiger charge is 2.29.